The molecule has 0 saturated carbocycles. The largest absolute Gasteiger partial charge is 0.444 e. The van der Waals surface area contributed by atoms with E-state index in [0.717, 1.165) is 40.1 Å². The number of aromatic nitrogens is 3. The van der Waals surface area contributed by atoms with Crippen LogP contribution in [0.2, 0.25) is 0 Å². The number of nitrogens with zero attached hydrogens (tertiary/aromatic N) is 5. The van der Waals surface area contributed by atoms with Gasteiger partial charge in [0.1, 0.15) is 22.0 Å². The van der Waals surface area contributed by atoms with Crippen molar-refractivity contribution in [3.8, 4) is 5.69 Å². The Morgan fingerprint density at radius 3 is 2.34 bits per heavy atom. The van der Waals surface area contributed by atoms with Crippen LogP contribution in [0.5, 0.6) is 0 Å². The lowest BCUT2D eigenvalue weighted by atomic mass is 10.2. The maximum Gasteiger partial charge on any atom is 0.410 e. The van der Waals surface area contributed by atoms with Gasteiger partial charge in [-0.1, -0.05) is 0 Å². The molecule has 1 saturated heterocycles. The van der Waals surface area contributed by atoms with Gasteiger partial charge in [0.05, 0.1) is 11.7 Å². The molecule has 1 fully saturated rings. The van der Waals surface area contributed by atoms with Gasteiger partial charge in [0.15, 0.2) is 0 Å². The van der Waals surface area contributed by atoms with Gasteiger partial charge in [-0.05, 0) is 67.0 Å². The van der Waals surface area contributed by atoms with Crippen LogP contribution in [-0.2, 0) is 4.74 Å². The lowest BCUT2D eigenvalue weighted by molar-refractivity contribution is 0.0240. The molecule has 1 aliphatic rings. The van der Waals surface area contributed by atoms with Crippen LogP contribution in [0.3, 0.4) is 0 Å². The molecule has 0 atom stereocenters. The number of piperazine rings is 1. The Morgan fingerprint density at radius 1 is 1.03 bits per heavy atom. The van der Waals surface area contributed by atoms with Gasteiger partial charge in [-0.25, -0.2) is 14.8 Å². The molecule has 0 bridgehead atoms. The number of rotatable bonds is 2. The zero-order valence-electron chi connectivity index (χ0n) is 16.8. The Bertz CT molecular complexity index is 1020. The van der Waals surface area contributed by atoms with Crippen molar-refractivity contribution < 1.29 is 9.53 Å². The molecule has 2 aromatic heterocycles. The smallest absolute Gasteiger partial charge is 0.410 e. The van der Waals surface area contributed by atoms with E-state index in [1.54, 1.807) is 11.1 Å². The van der Waals surface area contributed by atoms with Crippen molar-refractivity contribution in [1.29, 1.82) is 0 Å². The number of hydrogen-bond acceptors (Lipinski definition) is 5. The third kappa shape index (κ3) is 4.37. The molecule has 0 N–H and O–H groups in total. The first-order valence-electron chi connectivity index (χ1n) is 9.62. The number of benzene rings is 1. The molecule has 1 aromatic carbocycles. The molecule has 29 heavy (non-hydrogen) atoms. The molecular formula is C21H24BrN5O2. The van der Waals surface area contributed by atoms with Crippen LogP contribution in [0.4, 0.5) is 10.5 Å². The molecule has 0 unspecified atom stereocenters. The van der Waals surface area contributed by atoms with Crippen LogP contribution in [0, 0.1) is 0 Å². The van der Waals surface area contributed by atoms with Crippen molar-refractivity contribution in [1.82, 2.24) is 19.4 Å². The Labute approximate surface area is 178 Å². The van der Waals surface area contributed by atoms with E-state index in [1.165, 1.54) is 0 Å². The van der Waals surface area contributed by atoms with Crippen molar-refractivity contribution >= 4 is 38.7 Å². The Kier molecular flexibility index (Phi) is 5.21. The van der Waals surface area contributed by atoms with Gasteiger partial charge in [-0.2, -0.15) is 0 Å². The van der Waals surface area contributed by atoms with Crippen LogP contribution >= 0.6 is 15.9 Å². The van der Waals surface area contributed by atoms with Gasteiger partial charge in [0.2, 0.25) is 0 Å². The standard InChI is InChI=1S/C21H24BrN5O2/c1-21(2,3)29-20(28)26-10-8-25(9-11-26)15-4-6-16(7-5-15)27-14-24-17-13-23-19(22)12-18(17)27/h4-7,12-14H,8-11H2,1-3H3. The van der Waals surface area contributed by atoms with Crippen LogP contribution in [0.15, 0.2) is 47.5 Å². The van der Waals surface area contributed by atoms with Gasteiger partial charge in [-0.15, -0.1) is 0 Å². The van der Waals surface area contributed by atoms with Gasteiger partial charge in [0.25, 0.3) is 0 Å². The van der Waals surface area contributed by atoms with Gasteiger partial charge < -0.3 is 14.5 Å². The van der Waals surface area contributed by atoms with Crippen LogP contribution in [0.1, 0.15) is 20.8 Å². The minimum atomic E-state index is -0.465. The number of anilines is 1. The summed E-state index contributed by atoms with van der Waals surface area (Å²) in [5, 5.41) is 0. The SMILES string of the molecule is CC(C)(C)OC(=O)N1CCN(c2ccc(-n3cnc4cnc(Br)cc43)cc2)CC1. The highest BCUT2D eigenvalue weighted by atomic mass is 79.9. The van der Waals surface area contributed by atoms with Crippen molar-refractivity contribution in [2.45, 2.75) is 26.4 Å². The number of imidazole rings is 1. The Balaban J connectivity index is 1.44. The maximum atomic E-state index is 12.2. The fourth-order valence-corrected chi connectivity index (χ4v) is 3.71. The monoisotopic (exact) mass is 457 g/mol. The molecule has 1 aliphatic heterocycles. The molecule has 4 rings (SSSR count). The van der Waals surface area contributed by atoms with Crippen molar-refractivity contribution in [2.24, 2.45) is 0 Å². The second kappa shape index (κ2) is 7.67. The molecule has 0 spiro atoms. The zero-order valence-corrected chi connectivity index (χ0v) is 18.4. The van der Waals surface area contributed by atoms with E-state index in [4.69, 9.17) is 4.74 Å². The predicted octanol–water partition coefficient (Wildman–Crippen LogP) is 4.24. The minimum absolute atomic E-state index is 0.236. The zero-order chi connectivity index (χ0) is 20.6. The first-order chi connectivity index (χ1) is 13.8. The van der Waals surface area contributed by atoms with Crippen LogP contribution in [0.25, 0.3) is 16.7 Å². The summed E-state index contributed by atoms with van der Waals surface area (Å²) in [4.78, 5) is 24.9. The first kappa shape index (κ1) is 19.7. The molecule has 3 aromatic rings. The maximum absolute atomic E-state index is 12.2. The van der Waals surface area contributed by atoms with E-state index in [9.17, 15) is 4.79 Å². The highest BCUT2D eigenvalue weighted by molar-refractivity contribution is 9.10. The molecule has 152 valence electrons. The van der Waals surface area contributed by atoms with E-state index in [1.807, 2.05) is 37.7 Å². The molecule has 1 amide bonds. The summed E-state index contributed by atoms with van der Waals surface area (Å²) in [5.74, 6) is 0. The summed E-state index contributed by atoms with van der Waals surface area (Å²) in [5.41, 5.74) is 3.58. The minimum Gasteiger partial charge on any atom is -0.444 e. The number of hydrogen-bond donors (Lipinski definition) is 0. The average molecular weight is 458 g/mol. The summed E-state index contributed by atoms with van der Waals surface area (Å²) in [6.45, 7) is 8.55. The molecule has 8 heteroatoms. The quantitative estimate of drug-likeness (QED) is 0.538. The summed E-state index contributed by atoms with van der Waals surface area (Å²) in [6, 6.07) is 10.4. The molecule has 3 heterocycles. The normalized spacial score (nSPS) is 15.0. The fourth-order valence-electron chi connectivity index (χ4n) is 3.39. The van der Waals surface area contributed by atoms with E-state index >= 15 is 0 Å². The van der Waals surface area contributed by atoms with E-state index in [2.05, 4.69) is 55.1 Å². The van der Waals surface area contributed by atoms with Crippen molar-refractivity contribution in [2.75, 3.05) is 31.1 Å². The molecule has 0 aliphatic carbocycles. The molecular weight excluding hydrogens is 434 g/mol. The van der Waals surface area contributed by atoms with E-state index in [-0.39, 0.29) is 6.09 Å². The number of carbonyl (C=O) groups excluding carboxylic acids is 1. The summed E-state index contributed by atoms with van der Waals surface area (Å²) in [6.07, 6.45) is 3.34. The Hall–Kier alpha value is -2.61. The van der Waals surface area contributed by atoms with Gasteiger partial charge in [-0.3, -0.25) is 4.57 Å². The lowest BCUT2D eigenvalue weighted by Gasteiger charge is -2.36. The fraction of sp³-hybridized carbons (Fsp3) is 0.381. The summed E-state index contributed by atoms with van der Waals surface area (Å²) < 4.78 is 8.30. The highest BCUT2D eigenvalue weighted by Gasteiger charge is 2.25. The Morgan fingerprint density at radius 2 is 1.69 bits per heavy atom. The lowest BCUT2D eigenvalue weighted by Crippen LogP contribution is -2.50. The number of ether oxygens (including phenoxy) is 1. The number of fused-ring (bicyclic) bond motifs is 1. The van der Waals surface area contributed by atoms with Crippen LogP contribution in [-0.4, -0.2) is 57.3 Å². The number of halogens is 1. The van der Waals surface area contributed by atoms with E-state index in [0.29, 0.717) is 13.1 Å². The van der Waals surface area contributed by atoms with Crippen molar-refractivity contribution in [3.63, 3.8) is 0 Å². The highest BCUT2D eigenvalue weighted by Crippen LogP contribution is 2.24. The van der Waals surface area contributed by atoms with Gasteiger partial charge >= 0.3 is 6.09 Å². The second-order valence-electron chi connectivity index (χ2n) is 8.08. The number of carbonyl (C=O) groups is 1. The summed E-state index contributed by atoms with van der Waals surface area (Å²) >= 11 is 3.42. The third-order valence-electron chi connectivity index (χ3n) is 4.82. The topological polar surface area (TPSA) is 63.5 Å². The molecule has 0 radical (unpaired) electrons. The number of amides is 1. The second-order valence-corrected chi connectivity index (χ2v) is 8.89. The predicted molar refractivity (Wildman–Crippen MR) is 117 cm³/mol. The van der Waals surface area contributed by atoms with E-state index < -0.39 is 5.60 Å². The number of pyridine rings is 1. The first-order valence-corrected chi connectivity index (χ1v) is 10.4. The van der Waals surface area contributed by atoms with Crippen molar-refractivity contribution in [3.05, 3.63) is 47.5 Å². The van der Waals surface area contributed by atoms with Crippen LogP contribution < -0.4 is 4.90 Å². The summed E-state index contributed by atoms with van der Waals surface area (Å²) in [7, 11) is 0. The van der Waals surface area contributed by atoms with Gasteiger partial charge in [0, 0.05) is 37.6 Å². The molecule has 7 nitrogen and oxygen atoms in total. The average Bonchev–Trinajstić information content (AvgIpc) is 3.10. The third-order valence-corrected chi connectivity index (χ3v) is 5.26.